The van der Waals surface area contributed by atoms with Crippen LogP contribution in [0, 0.1) is 0 Å². The standard InChI is InChI=1S/C14H16N4O2.2C2HF3O2/c19-14(13-9-16-10-17-13)18-6-3-11(4-7-18)20-12-2-1-5-15-8-12;2*3-2(4,5)1(6)7/h1-2,5,8-11H,3-4,6-7H2,(H,16,17);2*(H,6,7). The lowest BCUT2D eigenvalue weighted by molar-refractivity contribution is -0.193. The number of imidazole rings is 1. The number of alkyl halides is 6. The quantitative estimate of drug-likeness (QED) is 0.546. The minimum absolute atomic E-state index is 0.00216. The van der Waals surface area contributed by atoms with E-state index in [0.717, 1.165) is 18.6 Å². The lowest BCUT2D eigenvalue weighted by atomic mass is 10.1. The average Bonchev–Trinajstić information content (AvgIpc) is 3.29. The van der Waals surface area contributed by atoms with Crippen LogP contribution in [0.15, 0.2) is 37.1 Å². The molecule has 0 aliphatic carbocycles. The van der Waals surface area contributed by atoms with Gasteiger partial charge in [-0.3, -0.25) is 9.78 Å². The van der Waals surface area contributed by atoms with Crippen LogP contribution in [-0.4, -0.2) is 79.5 Å². The first-order valence-electron chi connectivity index (χ1n) is 9.16. The Morgan fingerprint density at radius 3 is 1.88 bits per heavy atom. The van der Waals surface area contributed by atoms with Gasteiger partial charge in [-0.25, -0.2) is 14.6 Å². The molecule has 16 heteroatoms. The van der Waals surface area contributed by atoms with Gasteiger partial charge in [-0.15, -0.1) is 0 Å². The second-order valence-corrected chi connectivity index (χ2v) is 6.37. The van der Waals surface area contributed by atoms with E-state index in [2.05, 4.69) is 15.0 Å². The molecule has 10 nitrogen and oxygen atoms in total. The van der Waals surface area contributed by atoms with Gasteiger partial charge in [0.25, 0.3) is 5.91 Å². The molecule has 1 amide bonds. The minimum atomic E-state index is -5.08. The van der Waals surface area contributed by atoms with Crippen LogP contribution >= 0.6 is 0 Å². The monoisotopic (exact) mass is 500 g/mol. The fourth-order valence-corrected chi connectivity index (χ4v) is 2.33. The zero-order valence-corrected chi connectivity index (χ0v) is 17.0. The maximum absolute atomic E-state index is 12.1. The highest BCUT2D eigenvalue weighted by molar-refractivity contribution is 5.92. The van der Waals surface area contributed by atoms with Crippen LogP contribution in [0.5, 0.6) is 5.75 Å². The van der Waals surface area contributed by atoms with Gasteiger partial charge in [-0.05, 0) is 12.1 Å². The van der Waals surface area contributed by atoms with Crippen molar-refractivity contribution in [3.8, 4) is 5.75 Å². The highest BCUT2D eigenvalue weighted by Crippen LogP contribution is 2.19. The van der Waals surface area contributed by atoms with E-state index in [1.807, 2.05) is 17.0 Å². The molecule has 3 heterocycles. The molecule has 0 radical (unpaired) electrons. The molecule has 1 fully saturated rings. The number of pyridine rings is 1. The van der Waals surface area contributed by atoms with Gasteiger partial charge in [-0.1, -0.05) is 0 Å². The largest absolute Gasteiger partial charge is 0.490 e. The molecule has 3 rings (SSSR count). The zero-order chi connectivity index (χ0) is 25.9. The highest BCUT2D eigenvalue weighted by Gasteiger charge is 2.38. The summed E-state index contributed by atoms with van der Waals surface area (Å²) >= 11 is 0. The number of H-pyrrole nitrogens is 1. The molecular weight excluding hydrogens is 482 g/mol. The molecule has 188 valence electrons. The van der Waals surface area contributed by atoms with Crippen molar-refractivity contribution in [1.82, 2.24) is 19.9 Å². The number of rotatable bonds is 3. The Hall–Kier alpha value is -3.85. The lowest BCUT2D eigenvalue weighted by Crippen LogP contribution is -2.41. The summed E-state index contributed by atoms with van der Waals surface area (Å²) in [5.74, 6) is -4.73. The van der Waals surface area contributed by atoms with E-state index in [1.54, 1.807) is 18.6 Å². The smallest absolute Gasteiger partial charge is 0.489 e. The SMILES string of the molecule is O=C(O)C(F)(F)F.O=C(O)C(F)(F)F.O=C(c1cnc[nH]1)N1CCC(Oc2cccnc2)CC1. The molecule has 0 spiro atoms. The van der Waals surface area contributed by atoms with Gasteiger partial charge in [0.05, 0.1) is 18.7 Å². The summed E-state index contributed by atoms with van der Waals surface area (Å²) in [6.45, 7) is 1.39. The molecule has 0 unspecified atom stereocenters. The van der Waals surface area contributed by atoms with E-state index in [4.69, 9.17) is 24.5 Å². The van der Waals surface area contributed by atoms with Crippen molar-refractivity contribution in [2.45, 2.75) is 31.3 Å². The maximum Gasteiger partial charge on any atom is 0.490 e. The van der Waals surface area contributed by atoms with Crippen LogP contribution < -0.4 is 4.74 Å². The first-order valence-corrected chi connectivity index (χ1v) is 9.16. The first kappa shape index (κ1) is 28.2. The number of likely N-dealkylation sites (tertiary alicyclic amines) is 1. The first-order chi connectivity index (χ1) is 15.7. The summed E-state index contributed by atoms with van der Waals surface area (Å²) in [6, 6.07) is 3.75. The van der Waals surface area contributed by atoms with Crippen LogP contribution in [0.4, 0.5) is 26.3 Å². The lowest BCUT2D eigenvalue weighted by Gasteiger charge is -2.31. The van der Waals surface area contributed by atoms with E-state index < -0.39 is 24.3 Å². The summed E-state index contributed by atoms with van der Waals surface area (Å²) in [6.07, 6.45) is -1.86. The van der Waals surface area contributed by atoms with E-state index in [9.17, 15) is 31.1 Å². The number of hydrogen-bond donors (Lipinski definition) is 3. The van der Waals surface area contributed by atoms with Gasteiger partial charge < -0.3 is 24.8 Å². The van der Waals surface area contributed by atoms with E-state index >= 15 is 0 Å². The molecular formula is C18H18F6N4O6. The van der Waals surface area contributed by atoms with Crippen molar-refractivity contribution in [1.29, 1.82) is 0 Å². The number of carbonyl (C=O) groups is 3. The summed E-state index contributed by atoms with van der Waals surface area (Å²) in [7, 11) is 0. The summed E-state index contributed by atoms with van der Waals surface area (Å²) in [5, 5.41) is 14.2. The van der Waals surface area contributed by atoms with Crippen molar-refractivity contribution < 1.29 is 55.7 Å². The van der Waals surface area contributed by atoms with Crippen molar-refractivity contribution in [3.05, 3.63) is 42.7 Å². The molecule has 2 aromatic rings. The molecule has 1 saturated heterocycles. The Morgan fingerprint density at radius 1 is 0.971 bits per heavy atom. The fourth-order valence-electron chi connectivity index (χ4n) is 2.33. The number of ether oxygens (including phenoxy) is 1. The maximum atomic E-state index is 12.1. The van der Waals surface area contributed by atoms with Crippen molar-refractivity contribution in [3.63, 3.8) is 0 Å². The number of carboxylic acids is 2. The van der Waals surface area contributed by atoms with Gasteiger partial charge in [0.15, 0.2) is 0 Å². The number of amides is 1. The molecule has 0 atom stereocenters. The van der Waals surface area contributed by atoms with Gasteiger partial charge in [0.2, 0.25) is 0 Å². The summed E-state index contributed by atoms with van der Waals surface area (Å²) in [5.41, 5.74) is 0.539. The second-order valence-electron chi connectivity index (χ2n) is 6.37. The molecule has 1 aliphatic heterocycles. The fraction of sp³-hybridized carbons (Fsp3) is 0.389. The van der Waals surface area contributed by atoms with E-state index in [0.29, 0.717) is 18.8 Å². The molecule has 1 aliphatic rings. The zero-order valence-electron chi connectivity index (χ0n) is 17.0. The number of nitrogens with one attached hydrogen (secondary N) is 1. The number of carboxylic acid groups (broad SMARTS) is 2. The Bertz CT molecular complexity index is 889. The number of halogens is 6. The Kier molecular flexibility index (Phi) is 10.3. The highest BCUT2D eigenvalue weighted by atomic mass is 19.4. The number of nitrogens with zero attached hydrogens (tertiary/aromatic N) is 3. The third-order valence-corrected chi connectivity index (χ3v) is 3.88. The summed E-state index contributed by atoms with van der Waals surface area (Å²) < 4.78 is 69.3. The van der Waals surface area contributed by atoms with Crippen molar-refractivity contribution >= 4 is 17.8 Å². The molecule has 2 aromatic heterocycles. The average molecular weight is 500 g/mol. The van der Waals surface area contributed by atoms with Gasteiger partial charge in [-0.2, -0.15) is 26.3 Å². The van der Waals surface area contributed by atoms with Crippen molar-refractivity contribution in [2.75, 3.05) is 13.1 Å². The van der Waals surface area contributed by atoms with Crippen LogP contribution in [-0.2, 0) is 9.59 Å². The number of piperidine rings is 1. The molecule has 3 N–H and O–H groups in total. The van der Waals surface area contributed by atoms with Crippen LogP contribution in [0.1, 0.15) is 23.3 Å². The number of aromatic amines is 1. The molecule has 0 saturated carbocycles. The number of aromatic nitrogens is 3. The van der Waals surface area contributed by atoms with Crippen LogP contribution in [0.3, 0.4) is 0 Å². The van der Waals surface area contributed by atoms with Crippen molar-refractivity contribution in [2.24, 2.45) is 0 Å². The number of carbonyl (C=O) groups excluding carboxylic acids is 1. The third-order valence-electron chi connectivity index (χ3n) is 3.88. The van der Waals surface area contributed by atoms with Gasteiger partial charge >= 0.3 is 24.3 Å². The second kappa shape index (κ2) is 12.4. The van der Waals surface area contributed by atoms with Gasteiger partial charge in [0.1, 0.15) is 17.5 Å². The number of hydrogen-bond acceptors (Lipinski definition) is 6. The Balaban J connectivity index is 0.000000343. The predicted molar refractivity (Wildman–Crippen MR) is 99.8 cm³/mol. The third kappa shape index (κ3) is 10.2. The van der Waals surface area contributed by atoms with E-state index in [-0.39, 0.29) is 12.0 Å². The van der Waals surface area contributed by atoms with Gasteiger partial charge in [0, 0.05) is 32.1 Å². The molecule has 0 bridgehead atoms. The Morgan fingerprint density at radius 2 is 1.50 bits per heavy atom. The minimum Gasteiger partial charge on any atom is -0.489 e. The van der Waals surface area contributed by atoms with Crippen LogP contribution in [0.2, 0.25) is 0 Å². The van der Waals surface area contributed by atoms with Crippen LogP contribution in [0.25, 0.3) is 0 Å². The normalized spacial score (nSPS) is 14.1. The summed E-state index contributed by atoms with van der Waals surface area (Å²) in [4.78, 5) is 42.5. The molecule has 0 aromatic carbocycles. The predicted octanol–water partition coefficient (Wildman–Crippen LogP) is 2.75. The topological polar surface area (TPSA) is 146 Å². The number of aliphatic carboxylic acids is 2. The van der Waals surface area contributed by atoms with E-state index in [1.165, 1.54) is 6.33 Å². The molecule has 34 heavy (non-hydrogen) atoms. The Labute approximate surface area is 187 Å².